The summed E-state index contributed by atoms with van der Waals surface area (Å²) in [5, 5.41) is 24.6. The summed E-state index contributed by atoms with van der Waals surface area (Å²) in [5.41, 5.74) is 8.62. The number of aliphatic imine (C=N–C) groups is 4. The first-order valence-corrected chi connectivity index (χ1v) is 19.2. The molecule has 0 saturated carbocycles. The minimum absolute atomic E-state index is 0.374. The second-order valence-electron chi connectivity index (χ2n) is 15.2. The average Bonchev–Trinajstić information content (AvgIpc) is 3.95. The van der Waals surface area contributed by atoms with E-state index in [2.05, 4.69) is 167 Å². The van der Waals surface area contributed by atoms with E-state index in [9.17, 15) is 0 Å². The maximum absolute atomic E-state index is 5.40. The number of amidine groups is 4. The lowest BCUT2D eigenvalue weighted by atomic mass is 9.97. The molecule has 4 atom stereocenters. The Morgan fingerprint density at radius 1 is 0.268 bits per heavy atom. The highest BCUT2D eigenvalue weighted by Crippen LogP contribution is 2.40. The van der Waals surface area contributed by atoms with Crippen LogP contribution in [0.1, 0.15) is 69.2 Å². The van der Waals surface area contributed by atoms with Gasteiger partial charge in [0.25, 0.3) is 0 Å². The van der Waals surface area contributed by atoms with Gasteiger partial charge in [0.1, 0.15) is 48.0 Å². The minimum atomic E-state index is -0.374. The Morgan fingerprint density at radius 3 is 0.679 bits per heavy atom. The highest BCUT2D eigenvalue weighted by molar-refractivity contribution is 6.12. The monoisotopic (exact) mass is 720 g/mol. The molecule has 0 saturated heterocycles. The minimum Gasteiger partial charge on any atom is -0.344 e. The van der Waals surface area contributed by atoms with E-state index in [1.165, 1.54) is 21.5 Å². The van der Waals surface area contributed by atoms with Gasteiger partial charge < -0.3 is 21.3 Å². The van der Waals surface area contributed by atoms with Crippen LogP contribution < -0.4 is 21.3 Å². The standard InChI is InChI=1S/C48H32N8/c1-2-10-26-18-34-33(17-25(26)9-1)41-49-42(34)54-44-37-21-29-13-5-6-14-30(29)22-38(37)46(51-44)56-48-40-24-32-16-8-7-15-31(32)23-39(40)47(52-48)55-45-36-20-28-12-4-3-11-27(28)19-35(36)43(50-45)53-41/h1-24,41,44-45,48H,(H,49,54)(H,50,53)(H,51,56)(H,52,55). The van der Waals surface area contributed by atoms with E-state index >= 15 is 0 Å². The van der Waals surface area contributed by atoms with Crippen molar-refractivity contribution in [1.82, 2.24) is 21.3 Å². The van der Waals surface area contributed by atoms with Gasteiger partial charge in [-0.05, 0) is 91.6 Å². The smallest absolute Gasteiger partial charge is 0.148 e. The first-order chi connectivity index (χ1) is 27.7. The predicted octanol–water partition coefficient (Wildman–Crippen LogP) is 8.81. The molecule has 0 radical (unpaired) electrons. The average molecular weight is 721 g/mol. The maximum atomic E-state index is 5.40. The van der Waals surface area contributed by atoms with Gasteiger partial charge in [-0.15, -0.1) is 0 Å². The van der Waals surface area contributed by atoms with Crippen molar-refractivity contribution in [3.8, 4) is 0 Å². The normalized spacial score (nSPS) is 21.1. The van der Waals surface area contributed by atoms with Crippen LogP contribution in [0.25, 0.3) is 43.1 Å². The summed E-state index contributed by atoms with van der Waals surface area (Å²) in [6.45, 7) is 0. The first kappa shape index (κ1) is 30.1. The third-order valence-corrected chi connectivity index (χ3v) is 12.0. The Morgan fingerprint density at radius 2 is 0.464 bits per heavy atom. The zero-order chi connectivity index (χ0) is 36.5. The van der Waals surface area contributed by atoms with E-state index in [1.54, 1.807) is 0 Å². The molecule has 0 aromatic heterocycles. The number of nitrogens with zero attached hydrogens (tertiary/aromatic N) is 4. The van der Waals surface area contributed by atoms with Crippen molar-refractivity contribution in [2.45, 2.75) is 24.7 Å². The van der Waals surface area contributed by atoms with Crippen LogP contribution >= 0.6 is 0 Å². The molecule has 0 fully saturated rings. The van der Waals surface area contributed by atoms with E-state index in [0.717, 1.165) is 89.4 Å². The zero-order valence-electron chi connectivity index (χ0n) is 30.0. The Balaban J connectivity index is 1.03. The highest BCUT2D eigenvalue weighted by atomic mass is 15.3. The quantitative estimate of drug-likeness (QED) is 0.126. The number of hydrogen-bond donors (Lipinski definition) is 4. The predicted molar refractivity (Wildman–Crippen MR) is 225 cm³/mol. The molecule has 13 rings (SSSR count). The third kappa shape index (κ3) is 4.41. The molecule has 0 aliphatic carbocycles. The SMILES string of the molecule is c1ccc2cc3c(cc2c1)C1=NC3NC2=NC(NC3=NC(NC4=NC(N1)c1cc5ccccc5cc14)c1cc4ccccc4cc13)c1cc3ccccc3cc12. The number of fused-ring (bicyclic) bond motifs is 20. The molecule has 0 amide bonds. The molecule has 8 bridgehead atoms. The van der Waals surface area contributed by atoms with Crippen LogP contribution in [-0.4, -0.2) is 23.3 Å². The van der Waals surface area contributed by atoms with E-state index < -0.39 is 0 Å². The van der Waals surface area contributed by atoms with Crippen molar-refractivity contribution >= 4 is 66.4 Å². The first-order valence-electron chi connectivity index (χ1n) is 19.2. The molecule has 8 aromatic rings. The highest BCUT2D eigenvalue weighted by Gasteiger charge is 2.37. The van der Waals surface area contributed by atoms with Crippen molar-refractivity contribution in [1.29, 1.82) is 0 Å². The molecule has 0 spiro atoms. The van der Waals surface area contributed by atoms with Crippen molar-refractivity contribution in [2.24, 2.45) is 20.0 Å². The lowest BCUT2D eigenvalue weighted by Crippen LogP contribution is -2.28. The van der Waals surface area contributed by atoms with Crippen LogP contribution in [0, 0.1) is 0 Å². The molecule has 8 heteroatoms. The number of nitrogens with one attached hydrogen (secondary N) is 4. The van der Waals surface area contributed by atoms with E-state index in [0.29, 0.717) is 0 Å². The number of rotatable bonds is 0. The Kier molecular flexibility index (Phi) is 5.97. The van der Waals surface area contributed by atoms with Gasteiger partial charge >= 0.3 is 0 Å². The van der Waals surface area contributed by atoms with Gasteiger partial charge in [0.2, 0.25) is 0 Å². The molecule has 264 valence electrons. The number of hydrogen-bond acceptors (Lipinski definition) is 8. The lowest BCUT2D eigenvalue weighted by molar-refractivity contribution is 0.652. The Hall–Kier alpha value is -7.32. The van der Waals surface area contributed by atoms with Crippen LogP contribution in [0.15, 0.2) is 166 Å². The molecule has 5 aliphatic rings. The zero-order valence-corrected chi connectivity index (χ0v) is 30.0. The Bertz CT molecular complexity index is 2760. The summed E-state index contributed by atoms with van der Waals surface area (Å²) in [7, 11) is 0. The second-order valence-corrected chi connectivity index (χ2v) is 15.2. The molecule has 56 heavy (non-hydrogen) atoms. The Labute approximate surface area is 321 Å². The van der Waals surface area contributed by atoms with Crippen LogP contribution in [0.5, 0.6) is 0 Å². The van der Waals surface area contributed by atoms with E-state index in [4.69, 9.17) is 20.0 Å². The van der Waals surface area contributed by atoms with E-state index in [1.807, 2.05) is 0 Å². The van der Waals surface area contributed by atoms with Crippen molar-refractivity contribution in [3.05, 3.63) is 190 Å². The van der Waals surface area contributed by atoms with E-state index in [-0.39, 0.29) is 24.7 Å². The van der Waals surface area contributed by atoms with Gasteiger partial charge in [-0.1, -0.05) is 97.1 Å². The fourth-order valence-electron chi connectivity index (χ4n) is 9.25. The van der Waals surface area contributed by atoms with Gasteiger partial charge in [-0.3, -0.25) is 0 Å². The van der Waals surface area contributed by atoms with Crippen molar-refractivity contribution in [2.75, 3.05) is 0 Å². The van der Waals surface area contributed by atoms with Gasteiger partial charge in [0, 0.05) is 44.5 Å². The molecule has 8 nitrogen and oxygen atoms in total. The van der Waals surface area contributed by atoms with Gasteiger partial charge in [0.15, 0.2) is 0 Å². The summed E-state index contributed by atoms with van der Waals surface area (Å²) in [5.74, 6) is 3.20. The molecular formula is C48H32N8. The summed E-state index contributed by atoms with van der Waals surface area (Å²) in [4.78, 5) is 21.6. The van der Waals surface area contributed by atoms with Gasteiger partial charge in [-0.2, -0.15) is 0 Å². The summed E-state index contributed by atoms with van der Waals surface area (Å²) >= 11 is 0. The summed E-state index contributed by atoms with van der Waals surface area (Å²) < 4.78 is 0. The second kappa shape index (κ2) is 11.1. The molecule has 8 aromatic carbocycles. The molecule has 4 N–H and O–H groups in total. The maximum Gasteiger partial charge on any atom is 0.148 e. The van der Waals surface area contributed by atoms with Crippen LogP contribution in [0.3, 0.4) is 0 Å². The van der Waals surface area contributed by atoms with Crippen LogP contribution in [0.4, 0.5) is 0 Å². The molecule has 4 unspecified atom stereocenters. The third-order valence-electron chi connectivity index (χ3n) is 12.0. The number of benzene rings is 8. The van der Waals surface area contributed by atoms with Crippen molar-refractivity contribution in [3.63, 3.8) is 0 Å². The van der Waals surface area contributed by atoms with Crippen LogP contribution in [0.2, 0.25) is 0 Å². The fourth-order valence-corrected chi connectivity index (χ4v) is 9.25. The summed E-state index contributed by atoms with van der Waals surface area (Å²) in [6, 6.07) is 52.1. The fraction of sp³-hybridized carbons (Fsp3) is 0.0833. The molecular weight excluding hydrogens is 689 g/mol. The van der Waals surface area contributed by atoms with Gasteiger partial charge in [-0.25, -0.2) is 20.0 Å². The lowest BCUT2D eigenvalue weighted by Gasteiger charge is -2.15. The topological polar surface area (TPSA) is 97.6 Å². The van der Waals surface area contributed by atoms with Gasteiger partial charge in [0.05, 0.1) is 0 Å². The molecule has 5 heterocycles. The molecule has 5 aliphatic heterocycles. The summed E-state index contributed by atoms with van der Waals surface area (Å²) in [6.07, 6.45) is -1.50. The largest absolute Gasteiger partial charge is 0.344 e. The van der Waals surface area contributed by atoms with Crippen LogP contribution in [-0.2, 0) is 0 Å². The van der Waals surface area contributed by atoms with Crippen molar-refractivity contribution < 1.29 is 0 Å².